The summed E-state index contributed by atoms with van der Waals surface area (Å²) in [4.78, 5) is 31.7. The fourth-order valence-electron chi connectivity index (χ4n) is 3.23. The smallest absolute Gasteiger partial charge is 0.259 e. The molecule has 1 aliphatic rings. The molecule has 0 aliphatic heterocycles. The molecule has 2 aromatic heterocycles. The summed E-state index contributed by atoms with van der Waals surface area (Å²) in [6.07, 6.45) is 9.60. The van der Waals surface area contributed by atoms with Gasteiger partial charge in [0, 0.05) is 24.9 Å². The first-order valence-corrected chi connectivity index (χ1v) is 9.65. The highest BCUT2D eigenvalue weighted by Gasteiger charge is 2.31. The number of aromatic nitrogens is 2. The van der Waals surface area contributed by atoms with E-state index >= 15 is 0 Å². The first-order valence-electron chi connectivity index (χ1n) is 9.65. The van der Waals surface area contributed by atoms with Crippen molar-refractivity contribution in [3.63, 3.8) is 0 Å². The van der Waals surface area contributed by atoms with Crippen molar-refractivity contribution in [2.45, 2.75) is 44.6 Å². The molecule has 150 valence electrons. The molecule has 7 nitrogen and oxygen atoms in total. The number of amides is 2. The molecule has 1 saturated carbocycles. The zero-order valence-electron chi connectivity index (χ0n) is 16.4. The first kappa shape index (κ1) is 20.3. The molecule has 0 bridgehead atoms. The van der Waals surface area contributed by atoms with Gasteiger partial charge in [-0.2, -0.15) is 0 Å². The lowest BCUT2D eigenvalue weighted by molar-refractivity contribution is -0.124. The van der Waals surface area contributed by atoms with Crippen molar-refractivity contribution in [3.8, 4) is 17.6 Å². The lowest BCUT2D eigenvalue weighted by Gasteiger charge is -2.33. The second kappa shape index (κ2) is 9.69. The van der Waals surface area contributed by atoms with E-state index in [2.05, 4.69) is 32.4 Å². The van der Waals surface area contributed by atoms with Gasteiger partial charge >= 0.3 is 0 Å². The van der Waals surface area contributed by atoms with Gasteiger partial charge < -0.3 is 15.4 Å². The van der Waals surface area contributed by atoms with Crippen LogP contribution in [-0.2, 0) is 9.59 Å². The number of nitrogens with zero attached hydrogens (tertiary/aromatic N) is 2. The topological polar surface area (TPSA) is 93.2 Å². The second-order valence-corrected chi connectivity index (χ2v) is 7.03. The molecule has 0 spiro atoms. The number of carbonyl (C=O) groups is 2. The standard InChI is InChI=1S/C22H24N4O3/c1-17(27)25-20-8-7-18(14-24-20)9-12-22(10-3-2-4-11-22)26-21(28)16-29-19-6-5-13-23-15-19/h5-8,13-15H,2-4,10-11,16H2,1H3,(H,26,28)(H,24,25,27). The van der Waals surface area contributed by atoms with Crippen LogP contribution in [0.2, 0.25) is 0 Å². The molecule has 0 radical (unpaired) electrons. The van der Waals surface area contributed by atoms with Gasteiger partial charge in [0.1, 0.15) is 17.1 Å². The van der Waals surface area contributed by atoms with E-state index in [0.29, 0.717) is 11.6 Å². The van der Waals surface area contributed by atoms with Gasteiger partial charge in [-0.05, 0) is 37.1 Å². The van der Waals surface area contributed by atoms with Crippen molar-refractivity contribution in [2.24, 2.45) is 0 Å². The SMILES string of the molecule is CC(=O)Nc1ccc(C#CC2(NC(=O)COc3cccnc3)CCCCC2)cn1. The number of carbonyl (C=O) groups excluding carboxylic acids is 2. The fraction of sp³-hybridized carbons (Fsp3) is 0.364. The number of hydrogen-bond acceptors (Lipinski definition) is 5. The Kier molecular flexibility index (Phi) is 6.80. The molecule has 2 amide bonds. The van der Waals surface area contributed by atoms with Gasteiger partial charge in [0.05, 0.1) is 6.20 Å². The van der Waals surface area contributed by atoms with Gasteiger partial charge in [-0.15, -0.1) is 0 Å². The second-order valence-electron chi connectivity index (χ2n) is 7.03. The Bertz CT molecular complexity index is 895. The molecule has 0 atom stereocenters. The molecule has 2 aromatic rings. The Hall–Kier alpha value is -3.40. The van der Waals surface area contributed by atoms with Gasteiger partial charge in [0.2, 0.25) is 5.91 Å². The molecule has 2 N–H and O–H groups in total. The highest BCUT2D eigenvalue weighted by Crippen LogP contribution is 2.28. The summed E-state index contributed by atoms with van der Waals surface area (Å²) in [5, 5.41) is 5.70. The van der Waals surface area contributed by atoms with Crippen LogP contribution in [-0.4, -0.2) is 33.9 Å². The molecule has 2 heterocycles. The van der Waals surface area contributed by atoms with E-state index < -0.39 is 5.54 Å². The molecule has 1 aliphatic carbocycles. The normalized spacial score (nSPS) is 14.8. The third-order valence-electron chi connectivity index (χ3n) is 4.60. The summed E-state index contributed by atoms with van der Waals surface area (Å²) < 4.78 is 5.49. The Morgan fingerprint density at radius 2 is 2.00 bits per heavy atom. The summed E-state index contributed by atoms with van der Waals surface area (Å²) in [5.41, 5.74) is 0.161. The van der Waals surface area contributed by atoms with Crippen LogP contribution < -0.4 is 15.4 Å². The molecular weight excluding hydrogens is 368 g/mol. The van der Waals surface area contributed by atoms with Gasteiger partial charge in [-0.1, -0.05) is 31.1 Å². The largest absolute Gasteiger partial charge is 0.482 e. The van der Waals surface area contributed by atoms with Gasteiger partial charge in [0.25, 0.3) is 5.91 Å². The third-order valence-corrected chi connectivity index (χ3v) is 4.60. The Balaban J connectivity index is 1.66. The molecule has 0 unspecified atom stereocenters. The summed E-state index contributed by atoms with van der Waals surface area (Å²) in [6.45, 7) is 1.35. The van der Waals surface area contributed by atoms with E-state index in [4.69, 9.17) is 4.74 Å². The van der Waals surface area contributed by atoms with Gasteiger partial charge in [0.15, 0.2) is 6.61 Å². The number of pyridine rings is 2. The first-order chi connectivity index (χ1) is 14.0. The van der Waals surface area contributed by atoms with E-state index in [0.717, 1.165) is 37.7 Å². The summed E-state index contributed by atoms with van der Waals surface area (Å²) >= 11 is 0. The highest BCUT2D eigenvalue weighted by molar-refractivity contribution is 5.87. The zero-order chi connectivity index (χ0) is 20.5. The van der Waals surface area contributed by atoms with E-state index in [1.807, 2.05) is 0 Å². The van der Waals surface area contributed by atoms with Crippen molar-refractivity contribution in [1.29, 1.82) is 0 Å². The van der Waals surface area contributed by atoms with Crippen LogP contribution in [0.3, 0.4) is 0 Å². The van der Waals surface area contributed by atoms with Gasteiger partial charge in [-0.3, -0.25) is 14.6 Å². The van der Waals surface area contributed by atoms with Crippen molar-refractivity contribution < 1.29 is 14.3 Å². The average molecular weight is 392 g/mol. The van der Waals surface area contributed by atoms with Crippen molar-refractivity contribution in [3.05, 3.63) is 48.4 Å². The predicted molar refractivity (Wildman–Crippen MR) is 109 cm³/mol. The van der Waals surface area contributed by atoms with Crippen molar-refractivity contribution >= 4 is 17.6 Å². The fourth-order valence-corrected chi connectivity index (χ4v) is 3.23. The van der Waals surface area contributed by atoms with Crippen molar-refractivity contribution in [2.75, 3.05) is 11.9 Å². The number of nitrogens with one attached hydrogen (secondary N) is 2. The average Bonchev–Trinajstić information content (AvgIpc) is 2.73. The number of ether oxygens (including phenoxy) is 1. The maximum absolute atomic E-state index is 12.5. The van der Waals surface area contributed by atoms with E-state index in [-0.39, 0.29) is 18.4 Å². The molecule has 1 fully saturated rings. The van der Waals surface area contributed by atoms with E-state index in [1.54, 1.807) is 42.9 Å². The van der Waals surface area contributed by atoms with Crippen molar-refractivity contribution in [1.82, 2.24) is 15.3 Å². The molecule has 0 saturated heterocycles. The lowest BCUT2D eigenvalue weighted by Crippen LogP contribution is -2.50. The number of hydrogen-bond donors (Lipinski definition) is 2. The minimum absolute atomic E-state index is 0.0813. The summed E-state index contributed by atoms with van der Waals surface area (Å²) in [5.74, 6) is 7.05. The lowest BCUT2D eigenvalue weighted by atomic mass is 9.82. The third kappa shape index (κ3) is 6.32. The molecule has 29 heavy (non-hydrogen) atoms. The minimum Gasteiger partial charge on any atom is -0.482 e. The number of rotatable bonds is 5. The molecular formula is C22H24N4O3. The maximum Gasteiger partial charge on any atom is 0.259 e. The van der Waals surface area contributed by atoms with Crippen LogP contribution >= 0.6 is 0 Å². The van der Waals surface area contributed by atoms with Crippen LogP contribution in [0.5, 0.6) is 5.75 Å². The molecule has 0 aromatic carbocycles. The summed E-state index contributed by atoms with van der Waals surface area (Å²) in [7, 11) is 0. The van der Waals surface area contributed by atoms with E-state index in [9.17, 15) is 9.59 Å². The van der Waals surface area contributed by atoms with Gasteiger partial charge in [-0.25, -0.2) is 4.98 Å². The maximum atomic E-state index is 12.5. The van der Waals surface area contributed by atoms with Crippen LogP contribution in [0.4, 0.5) is 5.82 Å². The zero-order valence-corrected chi connectivity index (χ0v) is 16.4. The monoisotopic (exact) mass is 392 g/mol. The highest BCUT2D eigenvalue weighted by atomic mass is 16.5. The van der Waals surface area contributed by atoms with Crippen LogP contribution in [0, 0.1) is 11.8 Å². The molecule has 7 heteroatoms. The molecule has 3 rings (SSSR count). The summed E-state index contributed by atoms with van der Waals surface area (Å²) in [6, 6.07) is 7.02. The van der Waals surface area contributed by atoms with Crippen LogP contribution in [0.1, 0.15) is 44.6 Å². The number of anilines is 1. The van der Waals surface area contributed by atoms with Crippen LogP contribution in [0.25, 0.3) is 0 Å². The van der Waals surface area contributed by atoms with E-state index in [1.165, 1.54) is 6.92 Å². The Morgan fingerprint density at radius 3 is 2.66 bits per heavy atom. The quantitative estimate of drug-likeness (QED) is 0.763. The Morgan fingerprint density at radius 1 is 1.17 bits per heavy atom. The van der Waals surface area contributed by atoms with Crippen LogP contribution in [0.15, 0.2) is 42.9 Å². The Labute approximate surface area is 170 Å². The minimum atomic E-state index is -0.566. The predicted octanol–water partition coefficient (Wildman–Crippen LogP) is 2.68.